The Morgan fingerprint density at radius 1 is 0.756 bits per heavy atom. The van der Waals surface area contributed by atoms with E-state index < -0.39 is 18.3 Å². The number of halogens is 4. The van der Waals surface area contributed by atoms with E-state index in [1.165, 1.54) is 48.6 Å². The number of anilines is 3. The fraction of sp³-hybridized carbons (Fsp3) is 0.128. The van der Waals surface area contributed by atoms with Crippen LogP contribution in [-0.4, -0.2) is 19.8 Å². The van der Waals surface area contributed by atoms with Crippen LogP contribution in [0.4, 0.5) is 34.6 Å². The molecule has 0 saturated heterocycles. The van der Waals surface area contributed by atoms with Crippen LogP contribution >= 0.6 is 0 Å². The first-order chi connectivity index (χ1) is 21.9. The Morgan fingerprint density at radius 2 is 1.36 bits per heavy atom. The van der Waals surface area contributed by atoms with Crippen molar-refractivity contribution in [1.82, 2.24) is 0 Å². The molecule has 0 amide bonds. The summed E-state index contributed by atoms with van der Waals surface area (Å²) in [6, 6.07) is 22.0. The molecule has 230 valence electrons. The van der Waals surface area contributed by atoms with E-state index in [9.17, 15) is 17.6 Å². The van der Waals surface area contributed by atoms with Gasteiger partial charge >= 0.3 is 0 Å². The molecule has 0 aromatic heterocycles. The van der Waals surface area contributed by atoms with Gasteiger partial charge in [0.25, 0.3) is 0 Å². The monoisotopic (exact) mass is 608 g/mol. The summed E-state index contributed by atoms with van der Waals surface area (Å²) in [5.41, 5.74) is 5.23. The average molecular weight is 609 g/mol. The lowest BCUT2D eigenvalue weighted by Gasteiger charge is -2.28. The average Bonchev–Trinajstić information content (AvgIpc) is 3.06. The Hall–Kier alpha value is -5.10. The molecule has 0 bridgehead atoms. The summed E-state index contributed by atoms with van der Waals surface area (Å²) in [7, 11) is 0. The highest BCUT2D eigenvalue weighted by molar-refractivity contribution is 5.73. The van der Waals surface area contributed by atoms with Crippen LogP contribution in [0.3, 0.4) is 0 Å². The predicted octanol–water partition coefficient (Wildman–Crippen LogP) is 11.1. The lowest BCUT2D eigenvalue weighted by molar-refractivity contribution is 0.410. The third-order valence-corrected chi connectivity index (χ3v) is 7.14. The van der Waals surface area contributed by atoms with Gasteiger partial charge in [0.15, 0.2) is 0 Å². The van der Waals surface area contributed by atoms with Crippen LogP contribution in [0.25, 0.3) is 11.1 Å². The number of hydrogen-bond donors (Lipinski definition) is 0. The fourth-order valence-electron chi connectivity index (χ4n) is 4.92. The van der Waals surface area contributed by atoms with Crippen LogP contribution in [0.5, 0.6) is 0 Å². The van der Waals surface area contributed by atoms with Gasteiger partial charge in [-0.25, -0.2) is 13.2 Å². The van der Waals surface area contributed by atoms with E-state index >= 15 is 0 Å². The highest BCUT2D eigenvalue weighted by Crippen LogP contribution is 2.32. The van der Waals surface area contributed by atoms with Gasteiger partial charge in [0.05, 0.1) is 6.67 Å². The van der Waals surface area contributed by atoms with E-state index in [1.54, 1.807) is 24.3 Å². The topological polar surface area (TPSA) is 6.48 Å². The van der Waals surface area contributed by atoms with Crippen LogP contribution in [-0.2, 0) is 0 Å². The number of benzene rings is 3. The van der Waals surface area contributed by atoms with Crippen molar-refractivity contribution in [2.24, 2.45) is 5.92 Å². The number of alkyl halides is 1. The van der Waals surface area contributed by atoms with E-state index in [2.05, 4.69) is 13.2 Å². The minimum atomic E-state index is -0.453. The zero-order valence-corrected chi connectivity index (χ0v) is 25.0. The van der Waals surface area contributed by atoms with E-state index in [0.29, 0.717) is 19.5 Å². The van der Waals surface area contributed by atoms with Crippen molar-refractivity contribution in [2.75, 3.05) is 29.6 Å². The standard InChI is InChI=1S/C39H36F4N2/c1-3-9-33(41)13-7-25-44(37-23-19-35(43)20-24-37)36-21-17-31(18-22-36)32-12-6-16-39(28-32)45(26-8-14-34(42)10-4-2)38-15-5-11-30(27-38)29-40/h3-10,12-24,27-28,30H,1-2,11,25-26,29H2/b13-7-,14-8-,33-9+,34-10+. The summed E-state index contributed by atoms with van der Waals surface area (Å²) in [4.78, 5) is 3.98. The molecule has 0 radical (unpaired) electrons. The normalized spacial score (nSPS) is 15.4. The minimum absolute atomic E-state index is 0.210. The van der Waals surface area contributed by atoms with Crippen LogP contribution in [0.15, 0.2) is 170 Å². The molecular formula is C39H36F4N2. The Bertz CT molecular complexity index is 1630. The largest absolute Gasteiger partial charge is 0.338 e. The molecule has 45 heavy (non-hydrogen) atoms. The second kappa shape index (κ2) is 16.7. The summed E-state index contributed by atoms with van der Waals surface area (Å²) in [5, 5.41) is 0. The van der Waals surface area contributed by atoms with Crippen molar-refractivity contribution < 1.29 is 17.6 Å². The molecular weight excluding hydrogens is 572 g/mol. The molecule has 3 aromatic rings. The maximum absolute atomic E-state index is 14.0. The quantitative estimate of drug-likeness (QED) is 0.133. The van der Waals surface area contributed by atoms with Gasteiger partial charge in [0, 0.05) is 41.8 Å². The van der Waals surface area contributed by atoms with E-state index in [0.717, 1.165) is 33.9 Å². The first kappa shape index (κ1) is 32.8. The van der Waals surface area contributed by atoms with Crippen molar-refractivity contribution in [1.29, 1.82) is 0 Å². The maximum atomic E-state index is 14.0. The molecule has 6 heteroatoms. The molecule has 4 rings (SSSR count). The lowest BCUT2D eigenvalue weighted by atomic mass is 9.99. The van der Waals surface area contributed by atoms with Gasteiger partial charge in [-0.05, 0) is 96.5 Å². The minimum Gasteiger partial charge on any atom is -0.338 e. The summed E-state index contributed by atoms with van der Waals surface area (Å²) >= 11 is 0. The summed E-state index contributed by atoms with van der Waals surface area (Å²) < 4.78 is 55.2. The zero-order chi connectivity index (χ0) is 32.0. The lowest BCUT2D eigenvalue weighted by Crippen LogP contribution is -2.24. The van der Waals surface area contributed by atoms with Crippen LogP contribution in [0, 0.1) is 11.7 Å². The Balaban J connectivity index is 1.64. The predicted molar refractivity (Wildman–Crippen MR) is 181 cm³/mol. The van der Waals surface area contributed by atoms with Crippen molar-refractivity contribution >= 4 is 17.1 Å². The SMILES string of the molecule is C=C/C=C(F)\C=C/CN(C1=CC(CF)CC=C1)c1cccc(-c2ccc(N(C/C=C\C(F)=C/C=C)c3ccc(F)cc3)cc2)c1. The molecule has 0 spiro atoms. The summed E-state index contributed by atoms with van der Waals surface area (Å²) in [6.07, 6.45) is 18.0. The van der Waals surface area contributed by atoms with Gasteiger partial charge in [-0.1, -0.05) is 73.9 Å². The summed E-state index contributed by atoms with van der Waals surface area (Å²) in [5.74, 6) is -1.37. The molecule has 3 aromatic carbocycles. The maximum Gasteiger partial charge on any atom is 0.123 e. The van der Waals surface area contributed by atoms with Crippen LogP contribution in [0.1, 0.15) is 6.42 Å². The van der Waals surface area contributed by atoms with Gasteiger partial charge in [-0.3, -0.25) is 4.39 Å². The second-order valence-corrected chi connectivity index (χ2v) is 10.3. The number of rotatable bonds is 14. The van der Waals surface area contributed by atoms with Gasteiger partial charge in [-0.2, -0.15) is 0 Å². The van der Waals surface area contributed by atoms with Crippen molar-refractivity contribution in [3.63, 3.8) is 0 Å². The third-order valence-electron chi connectivity index (χ3n) is 7.14. The third kappa shape index (κ3) is 9.44. The molecule has 0 saturated carbocycles. The molecule has 1 unspecified atom stereocenters. The Kier molecular flexibility index (Phi) is 12.2. The number of nitrogens with zero attached hydrogens (tertiary/aromatic N) is 2. The molecule has 1 atom stereocenters. The van der Waals surface area contributed by atoms with Gasteiger partial charge in [0.2, 0.25) is 0 Å². The first-order valence-corrected chi connectivity index (χ1v) is 14.7. The van der Waals surface area contributed by atoms with E-state index in [-0.39, 0.29) is 11.7 Å². The van der Waals surface area contributed by atoms with Gasteiger partial charge in [-0.15, -0.1) is 0 Å². The van der Waals surface area contributed by atoms with Crippen molar-refractivity contribution in [2.45, 2.75) is 6.42 Å². The Labute approximate surface area is 263 Å². The van der Waals surface area contributed by atoms with Crippen LogP contribution < -0.4 is 9.80 Å². The first-order valence-electron chi connectivity index (χ1n) is 14.7. The van der Waals surface area contributed by atoms with E-state index in [1.807, 2.05) is 76.6 Å². The smallest absolute Gasteiger partial charge is 0.123 e. The van der Waals surface area contributed by atoms with Gasteiger partial charge in [0.1, 0.15) is 17.5 Å². The molecule has 1 aliphatic carbocycles. The van der Waals surface area contributed by atoms with Crippen molar-refractivity contribution in [3.8, 4) is 11.1 Å². The fourth-order valence-corrected chi connectivity index (χ4v) is 4.92. The zero-order valence-electron chi connectivity index (χ0n) is 25.0. The number of allylic oxidation sites excluding steroid dienone is 11. The van der Waals surface area contributed by atoms with Crippen LogP contribution in [0.2, 0.25) is 0 Å². The molecule has 1 aliphatic rings. The van der Waals surface area contributed by atoms with Crippen molar-refractivity contribution in [3.05, 3.63) is 176 Å². The molecule has 0 aliphatic heterocycles. The van der Waals surface area contributed by atoms with Gasteiger partial charge < -0.3 is 9.80 Å². The molecule has 0 heterocycles. The molecule has 2 nitrogen and oxygen atoms in total. The highest BCUT2D eigenvalue weighted by atomic mass is 19.1. The molecule has 0 fully saturated rings. The number of hydrogen-bond acceptors (Lipinski definition) is 2. The highest BCUT2D eigenvalue weighted by Gasteiger charge is 2.16. The Morgan fingerprint density at radius 3 is 1.96 bits per heavy atom. The molecule has 0 N–H and O–H groups in total. The van der Waals surface area contributed by atoms with E-state index in [4.69, 9.17) is 0 Å². The second-order valence-electron chi connectivity index (χ2n) is 10.3. The summed E-state index contributed by atoms with van der Waals surface area (Å²) in [6.45, 7) is 7.31.